The number of nitrogens with zero attached hydrogens (tertiary/aromatic N) is 1. The van der Waals surface area contributed by atoms with Crippen molar-refractivity contribution in [3.05, 3.63) is 34.9 Å². The molecule has 0 atom stereocenters. The van der Waals surface area contributed by atoms with Crippen LogP contribution in [0.25, 0.3) is 0 Å². The van der Waals surface area contributed by atoms with Crippen molar-refractivity contribution in [1.82, 2.24) is 5.06 Å². The Bertz CT molecular complexity index is 401. The van der Waals surface area contributed by atoms with Crippen LogP contribution in [0, 0.1) is 0 Å². The number of fused-ring (bicyclic) bond motifs is 1. The summed E-state index contributed by atoms with van der Waals surface area (Å²) in [5, 5.41) is 1.25. The standard InChI is InChI=1S/C13H17NO2/c1-14(16-2)13(15)12-8-7-10-5-3-4-6-11(10)9-12/h7-9H,3-6H2,1-2H3. The maximum atomic E-state index is 11.9. The van der Waals surface area contributed by atoms with Gasteiger partial charge in [0.1, 0.15) is 0 Å². The summed E-state index contributed by atoms with van der Waals surface area (Å²) in [6, 6.07) is 5.97. The molecule has 0 spiro atoms. The van der Waals surface area contributed by atoms with Gasteiger partial charge in [-0.05, 0) is 48.9 Å². The average molecular weight is 219 g/mol. The Kier molecular flexibility index (Phi) is 3.25. The van der Waals surface area contributed by atoms with E-state index in [1.807, 2.05) is 12.1 Å². The van der Waals surface area contributed by atoms with Crippen LogP contribution >= 0.6 is 0 Å². The first-order valence-electron chi connectivity index (χ1n) is 5.66. The molecule has 1 aliphatic rings. The largest absolute Gasteiger partial charge is 0.277 e. The van der Waals surface area contributed by atoms with Gasteiger partial charge in [-0.15, -0.1) is 0 Å². The number of hydrogen-bond donors (Lipinski definition) is 0. The van der Waals surface area contributed by atoms with Crippen molar-refractivity contribution in [3.8, 4) is 0 Å². The lowest BCUT2D eigenvalue weighted by Gasteiger charge is -2.18. The molecular weight excluding hydrogens is 202 g/mol. The van der Waals surface area contributed by atoms with Gasteiger partial charge < -0.3 is 0 Å². The van der Waals surface area contributed by atoms with Crippen LogP contribution < -0.4 is 0 Å². The molecule has 0 bridgehead atoms. The summed E-state index contributed by atoms with van der Waals surface area (Å²) in [5.74, 6) is -0.0872. The molecule has 1 amide bonds. The van der Waals surface area contributed by atoms with Gasteiger partial charge in [-0.3, -0.25) is 9.63 Å². The summed E-state index contributed by atoms with van der Waals surface area (Å²) in [6.07, 6.45) is 4.72. The van der Waals surface area contributed by atoms with E-state index in [-0.39, 0.29) is 5.91 Å². The van der Waals surface area contributed by atoms with Crippen molar-refractivity contribution in [2.24, 2.45) is 0 Å². The summed E-state index contributed by atoms with van der Waals surface area (Å²) in [7, 11) is 3.12. The highest BCUT2D eigenvalue weighted by atomic mass is 16.7. The zero-order chi connectivity index (χ0) is 11.5. The highest BCUT2D eigenvalue weighted by Gasteiger charge is 2.15. The van der Waals surface area contributed by atoms with Crippen LogP contribution in [0.5, 0.6) is 0 Å². The Labute approximate surface area is 96.0 Å². The molecule has 3 nitrogen and oxygen atoms in total. The molecule has 86 valence electrons. The molecule has 0 aromatic heterocycles. The number of hydrogen-bond acceptors (Lipinski definition) is 2. The number of carbonyl (C=O) groups excluding carboxylic acids is 1. The molecule has 2 rings (SSSR count). The van der Waals surface area contributed by atoms with Gasteiger partial charge in [0, 0.05) is 12.6 Å². The molecular formula is C13H17NO2. The maximum Gasteiger partial charge on any atom is 0.277 e. The molecule has 0 saturated heterocycles. The van der Waals surface area contributed by atoms with E-state index in [2.05, 4.69) is 6.07 Å². The smallest absolute Gasteiger partial charge is 0.274 e. The van der Waals surface area contributed by atoms with Crippen molar-refractivity contribution in [3.63, 3.8) is 0 Å². The Balaban J connectivity index is 2.26. The summed E-state index contributed by atoms with van der Waals surface area (Å²) < 4.78 is 0. The summed E-state index contributed by atoms with van der Waals surface area (Å²) in [5.41, 5.74) is 3.43. The predicted molar refractivity (Wildman–Crippen MR) is 62.2 cm³/mol. The van der Waals surface area contributed by atoms with Crippen molar-refractivity contribution >= 4 is 5.91 Å². The quantitative estimate of drug-likeness (QED) is 0.714. The summed E-state index contributed by atoms with van der Waals surface area (Å²) >= 11 is 0. The Morgan fingerprint density at radius 2 is 1.94 bits per heavy atom. The van der Waals surface area contributed by atoms with Crippen molar-refractivity contribution < 1.29 is 9.63 Å². The Morgan fingerprint density at radius 1 is 1.25 bits per heavy atom. The van der Waals surface area contributed by atoms with E-state index in [1.54, 1.807) is 7.05 Å². The van der Waals surface area contributed by atoms with Crippen LogP contribution in [0.4, 0.5) is 0 Å². The van der Waals surface area contributed by atoms with Gasteiger partial charge in [-0.1, -0.05) is 6.07 Å². The molecule has 0 heterocycles. The van der Waals surface area contributed by atoms with Gasteiger partial charge >= 0.3 is 0 Å². The molecule has 0 aliphatic heterocycles. The third kappa shape index (κ3) is 2.09. The lowest BCUT2D eigenvalue weighted by atomic mass is 9.90. The molecule has 1 aliphatic carbocycles. The third-order valence-corrected chi connectivity index (χ3v) is 3.16. The summed E-state index contributed by atoms with van der Waals surface area (Å²) in [6.45, 7) is 0. The SMILES string of the molecule is CON(C)C(=O)c1ccc2c(c1)CCCC2. The van der Waals surface area contributed by atoms with E-state index in [1.165, 1.54) is 36.1 Å². The van der Waals surface area contributed by atoms with Crippen molar-refractivity contribution in [1.29, 1.82) is 0 Å². The Morgan fingerprint density at radius 3 is 2.62 bits per heavy atom. The minimum atomic E-state index is -0.0872. The molecule has 0 unspecified atom stereocenters. The third-order valence-electron chi connectivity index (χ3n) is 3.16. The lowest BCUT2D eigenvalue weighted by molar-refractivity contribution is -0.0757. The van der Waals surface area contributed by atoms with E-state index in [0.29, 0.717) is 5.56 Å². The second kappa shape index (κ2) is 4.66. The Hall–Kier alpha value is -1.35. The fourth-order valence-electron chi connectivity index (χ4n) is 2.13. The second-order valence-electron chi connectivity index (χ2n) is 4.18. The van der Waals surface area contributed by atoms with E-state index >= 15 is 0 Å². The first kappa shape index (κ1) is 11.1. The van der Waals surface area contributed by atoms with Crippen molar-refractivity contribution in [2.75, 3.05) is 14.2 Å². The van der Waals surface area contributed by atoms with Crippen LogP contribution in [0.15, 0.2) is 18.2 Å². The van der Waals surface area contributed by atoms with Gasteiger partial charge in [0.2, 0.25) is 0 Å². The van der Waals surface area contributed by atoms with Gasteiger partial charge in [0.25, 0.3) is 5.91 Å². The van der Waals surface area contributed by atoms with E-state index in [9.17, 15) is 4.79 Å². The molecule has 3 heteroatoms. The first-order chi connectivity index (χ1) is 7.72. The van der Waals surface area contributed by atoms with Crippen LogP contribution in [0.3, 0.4) is 0 Å². The molecule has 0 fully saturated rings. The van der Waals surface area contributed by atoms with Gasteiger partial charge in [-0.2, -0.15) is 0 Å². The predicted octanol–water partition coefficient (Wildman–Crippen LogP) is 2.20. The van der Waals surface area contributed by atoms with Crippen LogP contribution in [0.2, 0.25) is 0 Å². The van der Waals surface area contributed by atoms with Crippen LogP contribution in [0.1, 0.15) is 34.3 Å². The minimum Gasteiger partial charge on any atom is -0.274 e. The summed E-state index contributed by atoms with van der Waals surface area (Å²) in [4.78, 5) is 16.8. The van der Waals surface area contributed by atoms with E-state index in [0.717, 1.165) is 12.8 Å². The first-order valence-corrected chi connectivity index (χ1v) is 5.66. The van der Waals surface area contributed by atoms with E-state index in [4.69, 9.17) is 4.84 Å². The molecule has 0 saturated carbocycles. The molecule has 0 N–H and O–H groups in total. The lowest BCUT2D eigenvalue weighted by Crippen LogP contribution is -2.25. The molecule has 1 aromatic rings. The topological polar surface area (TPSA) is 29.5 Å². The number of rotatable bonds is 2. The van der Waals surface area contributed by atoms with Gasteiger partial charge in [-0.25, -0.2) is 5.06 Å². The minimum absolute atomic E-state index is 0.0872. The fourth-order valence-corrected chi connectivity index (χ4v) is 2.13. The number of amides is 1. The van der Waals surface area contributed by atoms with Crippen molar-refractivity contribution in [2.45, 2.75) is 25.7 Å². The number of aryl methyl sites for hydroxylation is 2. The zero-order valence-electron chi connectivity index (χ0n) is 9.82. The van der Waals surface area contributed by atoms with Crippen LogP contribution in [-0.4, -0.2) is 25.1 Å². The second-order valence-corrected chi connectivity index (χ2v) is 4.18. The molecule has 16 heavy (non-hydrogen) atoms. The zero-order valence-corrected chi connectivity index (χ0v) is 9.82. The number of benzene rings is 1. The molecule has 1 aromatic carbocycles. The average Bonchev–Trinajstić information content (AvgIpc) is 2.36. The normalized spacial score (nSPS) is 14.4. The monoisotopic (exact) mass is 219 g/mol. The number of hydroxylamine groups is 2. The van der Waals surface area contributed by atoms with Crippen LogP contribution in [-0.2, 0) is 17.7 Å². The highest BCUT2D eigenvalue weighted by molar-refractivity contribution is 5.93. The van der Waals surface area contributed by atoms with Gasteiger partial charge in [0.05, 0.1) is 7.11 Å². The van der Waals surface area contributed by atoms with E-state index < -0.39 is 0 Å². The highest BCUT2D eigenvalue weighted by Crippen LogP contribution is 2.22. The maximum absolute atomic E-state index is 11.9. The van der Waals surface area contributed by atoms with Gasteiger partial charge in [0.15, 0.2) is 0 Å². The fraction of sp³-hybridized carbons (Fsp3) is 0.462. The number of carbonyl (C=O) groups is 1. The molecule has 0 radical (unpaired) electrons.